The van der Waals surface area contributed by atoms with Gasteiger partial charge >= 0.3 is 0 Å². The van der Waals surface area contributed by atoms with Crippen LogP contribution in [0.25, 0.3) is 22.2 Å². The molecule has 0 radical (unpaired) electrons. The summed E-state index contributed by atoms with van der Waals surface area (Å²) >= 11 is 0. The highest BCUT2D eigenvalue weighted by molar-refractivity contribution is 6.04. The SMILES string of the molecule is COc1ccc(-c2cc(C(=O)Nc3ccc4cc[nH]c4c3)[nH]n2)cc1OC. The maximum Gasteiger partial charge on any atom is 0.273 e. The molecule has 27 heavy (non-hydrogen) atoms. The standard InChI is InChI=1S/C20H18N4O3/c1-26-18-6-4-13(9-19(18)27-2)16-11-17(24-23-16)20(25)22-14-5-3-12-7-8-21-15(12)10-14/h3-11,21H,1-2H3,(H,22,25)(H,23,24). The first-order valence-electron chi connectivity index (χ1n) is 8.34. The van der Waals surface area contributed by atoms with Crippen LogP contribution in [0.5, 0.6) is 11.5 Å². The van der Waals surface area contributed by atoms with Crippen LogP contribution in [0.1, 0.15) is 10.5 Å². The van der Waals surface area contributed by atoms with Gasteiger partial charge in [0.1, 0.15) is 5.69 Å². The number of nitrogens with one attached hydrogen (secondary N) is 3. The minimum Gasteiger partial charge on any atom is -0.493 e. The Morgan fingerprint density at radius 3 is 2.67 bits per heavy atom. The van der Waals surface area contributed by atoms with Gasteiger partial charge in [0.2, 0.25) is 0 Å². The molecule has 0 saturated carbocycles. The monoisotopic (exact) mass is 362 g/mol. The number of carbonyl (C=O) groups excluding carboxylic acids is 1. The summed E-state index contributed by atoms with van der Waals surface area (Å²) in [7, 11) is 3.16. The van der Waals surface area contributed by atoms with E-state index < -0.39 is 0 Å². The third kappa shape index (κ3) is 3.22. The van der Waals surface area contributed by atoms with Crippen molar-refractivity contribution in [2.24, 2.45) is 0 Å². The number of aromatic amines is 2. The first-order valence-corrected chi connectivity index (χ1v) is 8.34. The zero-order chi connectivity index (χ0) is 18.8. The highest BCUT2D eigenvalue weighted by Gasteiger charge is 2.13. The highest BCUT2D eigenvalue weighted by Crippen LogP contribution is 2.31. The van der Waals surface area contributed by atoms with E-state index in [4.69, 9.17) is 9.47 Å². The van der Waals surface area contributed by atoms with Crippen LogP contribution >= 0.6 is 0 Å². The van der Waals surface area contributed by atoms with E-state index in [0.717, 1.165) is 16.5 Å². The molecule has 0 unspecified atom stereocenters. The molecule has 7 heteroatoms. The fourth-order valence-corrected chi connectivity index (χ4v) is 2.91. The Hall–Kier alpha value is -3.74. The number of fused-ring (bicyclic) bond motifs is 1. The first kappa shape index (κ1) is 16.7. The van der Waals surface area contributed by atoms with E-state index in [-0.39, 0.29) is 5.91 Å². The van der Waals surface area contributed by atoms with Gasteiger partial charge in [0, 0.05) is 23.0 Å². The molecule has 2 heterocycles. The van der Waals surface area contributed by atoms with Crippen LogP contribution in [0.4, 0.5) is 5.69 Å². The van der Waals surface area contributed by atoms with Crippen molar-refractivity contribution >= 4 is 22.5 Å². The highest BCUT2D eigenvalue weighted by atomic mass is 16.5. The van der Waals surface area contributed by atoms with Crippen molar-refractivity contribution in [3.63, 3.8) is 0 Å². The second-order valence-corrected chi connectivity index (χ2v) is 5.97. The number of ether oxygens (including phenoxy) is 2. The molecule has 1 amide bonds. The molecule has 3 N–H and O–H groups in total. The minimum absolute atomic E-state index is 0.264. The molecule has 2 aromatic carbocycles. The van der Waals surface area contributed by atoms with Gasteiger partial charge in [0.15, 0.2) is 11.5 Å². The normalized spacial score (nSPS) is 10.7. The summed E-state index contributed by atoms with van der Waals surface area (Å²) in [6, 6.07) is 14.8. The number of nitrogens with zero attached hydrogens (tertiary/aromatic N) is 1. The second kappa shape index (κ2) is 6.87. The number of aromatic nitrogens is 3. The van der Waals surface area contributed by atoms with E-state index in [1.54, 1.807) is 26.4 Å². The van der Waals surface area contributed by atoms with Crippen LogP contribution in [0.3, 0.4) is 0 Å². The Morgan fingerprint density at radius 1 is 1.00 bits per heavy atom. The molecule has 0 spiro atoms. The molecule has 0 aliphatic rings. The maximum atomic E-state index is 12.5. The lowest BCUT2D eigenvalue weighted by Gasteiger charge is -2.08. The molecular formula is C20H18N4O3. The fraction of sp³-hybridized carbons (Fsp3) is 0.100. The smallest absolute Gasteiger partial charge is 0.273 e. The van der Waals surface area contributed by atoms with Crippen molar-refractivity contribution in [2.45, 2.75) is 0 Å². The van der Waals surface area contributed by atoms with Gasteiger partial charge in [-0.1, -0.05) is 6.07 Å². The van der Waals surface area contributed by atoms with Gasteiger partial charge in [-0.2, -0.15) is 5.10 Å². The number of carbonyl (C=O) groups is 1. The average molecular weight is 362 g/mol. The predicted molar refractivity (Wildman–Crippen MR) is 103 cm³/mol. The Balaban J connectivity index is 1.55. The van der Waals surface area contributed by atoms with Crippen molar-refractivity contribution in [3.05, 3.63) is 60.4 Å². The van der Waals surface area contributed by atoms with Gasteiger partial charge in [0.25, 0.3) is 5.91 Å². The lowest BCUT2D eigenvalue weighted by molar-refractivity contribution is 0.102. The second-order valence-electron chi connectivity index (χ2n) is 5.97. The van der Waals surface area contributed by atoms with Gasteiger partial charge in [-0.3, -0.25) is 9.89 Å². The summed E-state index contributed by atoms with van der Waals surface area (Å²) in [6.07, 6.45) is 1.86. The summed E-state index contributed by atoms with van der Waals surface area (Å²) in [5, 5.41) is 11.0. The third-order valence-electron chi connectivity index (χ3n) is 4.31. The number of amides is 1. The zero-order valence-electron chi connectivity index (χ0n) is 14.9. The van der Waals surface area contributed by atoms with E-state index in [1.165, 1.54) is 0 Å². The predicted octanol–water partition coefficient (Wildman–Crippen LogP) is 3.83. The van der Waals surface area contributed by atoms with Crippen LogP contribution in [0.2, 0.25) is 0 Å². The summed E-state index contributed by atoms with van der Waals surface area (Å²) in [5.74, 6) is 0.970. The quantitative estimate of drug-likeness (QED) is 0.503. The van der Waals surface area contributed by atoms with Gasteiger partial charge in [-0.25, -0.2) is 0 Å². The van der Waals surface area contributed by atoms with Crippen LogP contribution in [-0.4, -0.2) is 35.3 Å². The Labute approximate surface area is 155 Å². The lowest BCUT2D eigenvalue weighted by Crippen LogP contribution is -2.12. The maximum absolute atomic E-state index is 12.5. The summed E-state index contributed by atoms with van der Waals surface area (Å²) in [5.41, 5.74) is 3.49. The van der Waals surface area contributed by atoms with Crippen LogP contribution in [0.15, 0.2) is 54.7 Å². The molecule has 4 aromatic rings. The van der Waals surface area contributed by atoms with Gasteiger partial charge in [0.05, 0.1) is 19.9 Å². The Kier molecular flexibility index (Phi) is 4.25. The molecule has 7 nitrogen and oxygen atoms in total. The summed E-state index contributed by atoms with van der Waals surface area (Å²) in [6.45, 7) is 0. The summed E-state index contributed by atoms with van der Waals surface area (Å²) < 4.78 is 10.6. The van der Waals surface area contributed by atoms with Crippen molar-refractivity contribution in [1.82, 2.24) is 15.2 Å². The molecule has 0 aliphatic carbocycles. The van der Waals surface area contributed by atoms with E-state index in [1.807, 2.05) is 42.6 Å². The zero-order valence-corrected chi connectivity index (χ0v) is 14.9. The number of methoxy groups -OCH3 is 2. The molecule has 0 fully saturated rings. The molecule has 0 saturated heterocycles. The van der Waals surface area contributed by atoms with Crippen LogP contribution in [0, 0.1) is 0 Å². The van der Waals surface area contributed by atoms with E-state index >= 15 is 0 Å². The molecule has 0 atom stereocenters. The fourth-order valence-electron chi connectivity index (χ4n) is 2.91. The largest absolute Gasteiger partial charge is 0.493 e. The first-order chi connectivity index (χ1) is 13.2. The van der Waals surface area contributed by atoms with E-state index in [9.17, 15) is 4.79 Å². The number of rotatable bonds is 5. The van der Waals surface area contributed by atoms with Crippen LogP contribution in [-0.2, 0) is 0 Å². The molecule has 4 rings (SSSR count). The topological polar surface area (TPSA) is 92.0 Å². The van der Waals surface area contributed by atoms with Gasteiger partial charge in [-0.15, -0.1) is 0 Å². The number of anilines is 1. The van der Waals surface area contributed by atoms with Gasteiger partial charge < -0.3 is 19.8 Å². The number of hydrogen-bond donors (Lipinski definition) is 3. The molecule has 0 aliphatic heterocycles. The van der Waals surface area contributed by atoms with Crippen molar-refractivity contribution in [2.75, 3.05) is 19.5 Å². The van der Waals surface area contributed by atoms with Crippen molar-refractivity contribution in [3.8, 4) is 22.8 Å². The lowest BCUT2D eigenvalue weighted by atomic mass is 10.1. The third-order valence-corrected chi connectivity index (χ3v) is 4.31. The minimum atomic E-state index is -0.264. The van der Waals surface area contributed by atoms with Crippen LogP contribution < -0.4 is 14.8 Å². The Bertz CT molecular complexity index is 1110. The summed E-state index contributed by atoms with van der Waals surface area (Å²) in [4.78, 5) is 15.6. The number of benzene rings is 2. The molecule has 2 aromatic heterocycles. The van der Waals surface area contributed by atoms with Crippen molar-refractivity contribution in [1.29, 1.82) is 0 Å². The molecule has 0 bridgehead atoms. The van der Waals surface area contributed by atoms with Crippen molar-refractivity contribution < 1.29 is 14.3 Å². The average Bonchev–Trinajstić information content (AvgIpc) is 3.36. The number of H-pyrrole nitrogens is 2. The van der Waals surface area contributed by atoms with E-state index in [0.29, 0.717) is 28.6 Å². The number of hydrogen-bond acceptors (Lipinski definition) is 4. The molecule has 136 valence electrons. The molecular weight excluding hydrogens is 344 g/mol. The van der Waals surface area contributed by atoms with Gasteiger partial charge in [-0.05, 0) is 47.9 Å². The van der Waals surface area contributed by atoms with E-state index in [2.05, 4.69) is 20.5 Å². The Morgan fingerprint density at radius 2 is 1.85 bits per heavy atom.